The number of aromatic nitrogens is 1. The molecule has 9 heteroatoms. The molecule has 0 spiro atoms. The lowest BCUT2D eigenvalue weighted by Crippen LogP contribution is -2.45. The molecule has 0 aliphatic carbocycles. The van der Waals surface area contributed by atoms with Crippen molar-refractivity contribution in [2.75, 3.05) is 5.32 Å². The molecule has 35 heavy (non-hydrogen) atoms. The molecule has 1 unspecified atom stereocenters. The Hall–Kier alpha value is -3.59. The van der Waals surface area contributed by atoms with Crippen molar-refractivity contribution in [3.8, 4) is 5.75 Å². The molecular formula is C26H29F3N4O2. The number of hydrogen-bond acceptors (Lipinski definition) is 5. The molecule has 186 valence electrons. The fourth-order valence-electron chi connectivity index (χ4n) is 3.57. The summed E-state index contributed by atoms with van der Waals surface area (Å²) in [5.41, 5.74) is 8.70. The van der Waals surface area contributed by atoms with Gasteiger partial charge in [0, 0.05) is 23.5 Å². The van der Waals surface area contributed by atoms with E-state index in [4.69, 9.17) is 5.73 Å². The first-order valence-electron chi connectivity index (χ1n) is 11.4. The van der Waals surface area contributed by atoms with Crippen molar-refractivity contribution in [2.24, 2.45) is 5.73 Å². The van der Waals surface area contributed by atoms with E-state index in [1.165, 1.54) is 24.3 Å². The van der Waals surface area contributed by atoms with Gasteiger partial charge in [-0.05, 0) is 36.2 Å². The Morgan fingerprint density at radius 3 is 2.57 bits per heavy atom. The number of amides is 1. The van der Waals surface area contributed by atoms with Crippen molar-refractivity contribution < 1.29 is 22.7 Å². The minimum absolute atomic E-state index is 0.193. The fourth-order valence-corrected chi connectivity index (χ4v) is 3.57. The van der Waals surface area contributed by atoms with Crippen LogP contribution in [0.25, 0.3) is 10.9 Å². The van der Waals surface area contributed by atoms with E-state index in [2.05, 4.69) is 33.9 Å². The average molecular weight is 487 g/mol. The third-order valence-corrected chi connectivity index (χ3v) is 5.45. The third-order valence-electron chi connectivity index (χ3n) is 5.45. The van der Waals surface area contributed by atoms with Gasteiger partial charge in [-0.15, -0.1) is 13.2 Å². The number of unbranched alkanes of at least 4 members (excludes halogenated alkanes) is 1. The van der Waals surface area contributed by atoms with E-state index in [1.807, 2.05) is 30.3 Å². The van der Waals surface area contributed by atoms with E-state index < -0.39 is 12.4 Å². The number of anilines is 1. The van der Waals surface area contributed by atoms with Crippen molar-refractivity contribution >= 4 is 22.5 Å². The molecule has 0 aliphatic rings. The van der Waals surface area contributed by atoms with Gasteiger partial charge in [-0.2, -0.15) is 0 Å². The lowest BCUT2D eigenvalue weighted by atomic mass is 10.0. The maximum atomic E-state index is 13.2. The smallest absolute Gasteiger partial charge is 0.406 e. The van der Waals surface area contributed by atoms with Gasteiger partial charge in [0.05, 0.1) is 17.4 Å². The molecule has 1 amide bonds. The first kappa shape index (κ1) is 26.0. The molecule has 0 saturated carbocycles. The zero-order valence-electron chi connectivity index (χ0n) is 19.4. The minimum atomic E-state index is -4.77. The number of halogens is 3. The van der Waals surface area contributed by atoms with Crippen LogP contribution in [0.4, 0.5) is 18.9 Å². The van der Waals surface area contributed by atoms with Gasteiger partial charge in [0.2, 0.25) is 5.91 Å². The van der Waals surface area contributed by atoms with Gasteiger partial charge < -0.3 is 21.1 Å². The van der Waals surface area contributed by atoms with Crippen LogP contribution in [0, 0.1) is 0 Å². The Bertz CT molecular complexity index is 1150. The molecule has 0 fully saturated rings. The Morgan fingerprint density at radius 1 is 1.17 bits per heavy atom. The van der Waals surface area contributed by atoms with Crippen LogP contribution in [0.1, 0.15) is 31.7 Å². The Morgan fingerprint density at radius 2 is 1.89 bits per heavy atom. The molecule has 1 heterocycles. The monoisotopic (exact) mass is 486 g/mol. The van der Waals surface area contributed by atoms with Gasteiger partial charge in [0.15, 0.2) is 0 Å². The number of carbonyl (C=O) groups excluding carboxylic acids is 1. The van der Waals surface area contributed by atoms with Crippen molar-refractivity contribution in [2.45, 2.75) is 51.1 Å². The van der Waals surface area contributed by atoms with Crippen LogP contribution in [0.3, 0.4) is 0 Å². The summed E-state index contributed by atoms with van der Waals surface area (Å²) in [5, 5.41) is 6.86. The summed E-state index contributed by atoms with van der Waals surface area (Å²) in [6, 6.07) is 13.7. The molecule has 0 bridgehead atoms. The highest BCUT2D eigenvalue weighted by atomic mass is 19.4. The summed E-state index contributed by atoms with van der Waals surface area (Å²) in [4.78, 5) is 17.6. The largest absolute Gasteiger partial charge is 0.573 e. The number of hydrogen-bond donors (Lipinski definition) is 3. The predicted molar refractivity (Wildman–Crippen MR) is 131 cm³/mol. The van der Waals surface area contributed by atoms with Gasteiger partial charge in [0.1, 0.15) is 11.8 Å². The molecule has 0 radical (unpaired) electrons. The van der Waals surface area contributed by atoms with Crippen LogP contribution < -0.4 is 21.1 Å². The number of alkyl halides is 3. The predicted octanol–water partition coefficient (Wildman–Crippen LogP) is 5.30. The number of rotatable bonds is 11. The molecule has 3 rings (SSSR count). The standard InChI is InChI=1S/C26H29F3N4O2/c1-3-4-8-22(30)17(2)32-24(14-18-10-12-21(13-11-18)35-26(27,28)29)25(34)33-20-15-19-7-5-6-9-23(19)31-16-20/h5-7,9-13,15-16,22,24,32H,2-4,8,14,30H2,1H3,(H,33,34)/t22-,24?/m0/s1. The number of nitrogens with one attached hydrogen (secondary N) is 2. The van der Waals surface area contributed by atoms with E-state index in [-0.39, 0.29) is 24.1 Å². The maximum absolute atomic E-state index is 13.2. The number of pyridine rings is 1. The summed E-state index contributed by atoms with van der Waals surface area (Å²) in [7, 11) is 0. The van der Waals surface area contributed by atoms with Crippen LogP contribution in [0.2, 0.25) is 0 Å². The number of carbonyl (C=O) groups is 1. The van der Waals surface area contributed by atoms with E-state index >= 15 is 0 Å². The fraction of sp³-hybridized carbons (Fsp3) is 0.308. The molecule has 2 aromatic carbocycles. The molecule has 3 aromatic rings. The topological polar surface area (TPSA) is 89.3 Å². The lowest BCUT2D eigenvalue weighted by molar-refractivity contribution is -0.274. The van der Waals surface area contributed by atoms with Gasteiger partial charge in [-0.3, -0.25) is 9.78 Å². The highest BCUT2D eigenvalue weighted by Gasteiger charge is 2.31. The number of ether oxygens (including phenoxy) is 1. The average Bonchev–Trinajstić information content (AvgIpc) is 2.82. The zero-order chi connectivity index (χ0) is 25.4. The van der Waals surface area contributed by atoms with E-state index in [9.17, 15) is 18.0 Å². The minimum Gasteiger partial charge on any atom is -0.406 e. The second-order valence-electron chi connectivity index (χ2n) is 8.27. The van der Waals surface area contributed by atoms with Gasteiger partial charge >= 0.3 is 6.36 Å². The maximum Gasteiger partial charge on any atom is 0.573 e. The first-order chi connectivity index (χ1) is 16.6. The lowest BCUT2D eigenvalue weighted by Gasteiger charge is -2.24. The molecule has 0 saturated heterocycles. The SMILES string of the molecule is C=C(NC(Cc1ccc(OC(F)(F)F)cc1)C(=O)Nc1cnc2ccccc2c1)[C@@H](N)CCCC. The van der Waals surface area contributed by atoms with Crippen LogP contribution in [0.15, 0.2) is 73.1 Å². The Kier molecular flexibility index (Phi) is 8.70. The molecular weight excluding hydrogens is 457 g/mol. The van der Waals surface area contributed by atoms with Gasteiger partial charge in [-0.25, -0.2) is 0 Å². The second-order valence-corrected chi connectivity index (χ2v) is 8.27. The summed E-state index contributed by atoms with van der Waals surface area (Å²) in [5.74, 6) is -0.676. The van der Waals surface area contributed by atoms with E-state index in [0.717, 1.165) is 30.2 Å². The number of benzene rings is 2. The molecule has 1 aromatic heterocycles. The molecule has 2 atom stereocenters. The van der Waals surface area contributed by atoms with Crippen molar-refractivity contribution in [3.63, 3.8) is 0 Å². The van der Waals surface area contributed by atoms with Crippen LogP contribution >= 0.6 is 0 Å². The zero-order valence-corrected chi connectivity index (χ0v) is 19.4. The summed E-state index contributed by atoms with van der Waals surface area (Å²) in [6.07, 6.45) is -0.393. The highest BCUT2D eigenvalue weighted by Crippen LogP contribution is 2.23. The highest BCUT2D eigenvalue weighted by molar-refractivity contribution is 5.96. The first-order valence-corrected chi connectivity index (χ1v) is 11.4. The number of fused-ring (bicyclic) bond motifs is 1. The number of nitrogens with two attached hydrogens (primary N) is 1. The summed E-state index contributed by atoms with van der Waals surface area (Å²) in [6.45, 7) is 6.06. The number of para-hydroxylation sites is 1. The van der Waals surface area contributed by atoms with Crippen LogP contribution in [-0.2, 0) is 11.2 Å². The molecule has 4 N–H and O–H groups in total. The van der Waals surface area contributed by atoms with Crippen molar-refractivity contribution in [1.82, 2.24) is 10.3 Å². The number of nitrogens with zero attached hydrogens (tertiary/aromatic N) is 1. The van der Waals surface area contributed by atoms with Crippen molar-refractivity contribution in [3.05, 3.63) is 78.6 Å². The summed E-state index contributed by atoms with van der Waals surface area (Å²) < 4.78 is 41.3. The normalized spacial score (nSPS) is 13.2. The van der Waals surface area contributed by atoms with Crippen LogP contribution in [0.5, 0.6) is 5.75 Å². The van der Waals surface area contributed by atoms with Gasteiger partial charge in [-0.1, -0.05) is 56.7 Å². The Labute approximate surface area is 202 Å². The van der Waals surface area contributed by atoms with Gasteiger partial charge in [0.25, 0.3) is 0 Å². The Balaban J connectivity index is 1.76. The second kappa shape index (κ2) is 11.7. The third kappa shape index (κ3) is 7.99. The molecule has 6 nitrogen and oxygen atoms in total. The molecule has 0 aliphatic heterocycles. The van der Waals surface area contributed by atoms with E-state index in [0.29, 0.717) is 16.9 Å². The summed E-state index contributed by atoms with van der Waals surface area (Å²) >= 11 is 0. The van der Waals surface area contributed by atoms with Crippen LogP contribution in [-0.4, -0.2) is 29.3 Å². The quantitative estimate of drug-likeness (QED) is 0.342. The van der Waals surface area contributed by atoms with Crippen molar-refractivity contribution in [1.29, 1.82) is 0 Å². The van der Waals surface area contributed by atoms with E-state index in [1.54, 1.807) is 6.20 Å².